The molecule has 312 valence electrons. The summed E-state index contributed by atoms with van der Waals surface area (Å²) in [5.74, 6) is 0. The van der Waals surface area contributed by atoms with Gasteiger partial charge in [-0.15, -0.1) is 0 Å². The largest absolute Gasteiger partial charge is 0.733 e. The summed E-state index contributed by atoms with van der Waals surface area (Å²) in [6.07, 6.45) is 8.97. The molecule has 0 N–H and O–H groups in total. The van der Waals surface area contributed by atoms with Crippen LogP contribution in [0.4, 0.5) is 43.0 Å². The summed E-state index contributed by atoms with van der Waals surface area (Å²) in [6.45, 7) is -7.72. The zero-order chi connectivity index (χ0) is 41.7. The van der Waals surface area contributed by atoms with Crippen LogP contribution in [-0.2, 0) is 0 Å². The molecule has 0 unspecified atom stereocenters. The number of rotatable bonds is 15. The van der Waals surface area contributed by atoms with Gasteiger partial charge in [0.15, 0.2) is 33.1 Å². The molecule has 6 nitrogen and oxygen atoms in total. The number of halogens is 6. The van der Waals surface area contributed by atoms with Crippen LogP contribution in [0.15, 0.2) is 72.8 Å². The Morgan fingerprint density at radius 3 is 0.917 bits per heavy atom. The van der Waals surface area contributed by atoms with E-state index in [9.17, 15) is 0 Å². The number of benzene rings is 4. The van der Waals surface area contributed by atoms with Gasteiger partial charge in [0.1, 0.15) is 16.2 Å². The van der Waals surface area contributed by atoms with Gasteiger partial charge in [-0.2, -0.15) is 0 Å². The quantitative estimate of drug-likeness (QED) is 0.0338. The first kappa shape index (κ1) is 39.2. The molecule has 0 radical (unpaired) electrons. The maximum absolute atomic E-state index is 18.3. The van der Waals surface area contributed by atoms with Gasteiger partial charge in [0.05, 0.1) is 16.2 Å². The summed E-state index contributed by atoms with van der Waals surface area (Å²) in [5.41, 5.74) is 1.06. The highest BCUT2D eigenvalue weighted by Gasteiger charge is 2.63. The van der Waals surface area contributed by atoms with E-state index < -0.39 is 20.9 Å². The van der Waals surface area contributed by atoms with Gasteiger partial charge in [0.2, 0.25) is 0 Å². The summed E-state index contributed by atoms with van der Waals surface area (Å²) in [4.78, 5) is 3.56. The Morgan fingerprint density at radius 2 is 0.650 bits per heavy atom. The minimum atomic E-state index is -4.64. The Balaban J connectivity index is 1.50. The van der Waals surface area contributed by atoms with Crippen molar-refractivity contribution in [2.24, 2.45) is 0 Å². The van der Waals surface area contributed by atoms with E-state index in [0.29, 0.717) is 35.4 Å². The van der Waals surface area contributed by atoms with Crippen molar-refractivity contribution in [2.45, 2.75) is 97.8 Å². The van der Waals surface area contributed by atoms with Crippen molar-refractivity contribution in [3.63, 3.8) is 0 Å². The monoisotopic (exact) mass is 822 g/mol. The van der Waals surface area contributed by atoms with Gasteiger partial charge in [-0.25, -0.2) is 0 Å². The van der Waals surface area contributed by atoms with Crippen LogP contribution >= 0.6 is 0 Å². The predicted molar refractivity (Wildman–Crippen MR) is 237 cm³/mol. The number of pyridine rings is 3. The van der Waals surface area contributed by atoms with Crippen LogP contribution in [0, 0.1) is 0 Å². The SMILES string of the molecule is CCCCCCN1c2c3ccccc3[n+]3c4c2c2c5c(c6ccccc6[n+]2[B-]1(F)F)N(CCCCCC)[B-](F)(F)[n+]1c2ccccc2c(c4c51)N(CCCCCC)[B-]3(F)F. The maximum Gasteiger partial charge on any atom is 0.733 e. The fourth-order valence-corrected chi connectivity index (χ4v) is 11.2. The third-order valence-corrected chi connectivity index (χ3v) is 13.8. The molecular weight excluding hydrogens is 771 g/mol. The van der Waals surface area contributed by atoms with Crippen molar-refractivity contribution >= 4 is 103 Å². The van der Waals surface area contributed by atoms with Crippen molar-refractivity contribution in [2.75, 3.05) is 34.1 Å². The third-order valence-electron chi connectivity index (χ3n) is 13.8. The Labute approximate surface area is 346 Å². The highest BCUT2D eigenvalue weighted by Crippen LogP contribution is 2.55. The molecule has 0 aliphatic carbocycles. The summed E-state index contributed by atoms with van der Waals surface area (Å²) >= 11 is 0. The zero-order valence-corrected chi connectivity index (χ0v) is 34.7. The average Bonchev–Trinajstić information content (AvgIpc) is 3.23. The Kier molecular flexibility index (Phi) is 9.37. The topological polar surface area (TPSA) is 21.4 Å². The van der Waals surface area contributed by atoms with Crippen molar-refractivity contribution < 1.29 is 39.3 Å². The van der Waals surface area contributed by atoms with Crippen LogP contribution in [0.5, 0.6) is 0 Å². The second kappa shape index (κ2) is 14.3. The number of aromatic nitrogens is 3. The number of para-hydroxylation sites is 3. The number of hydrogen-bond donors (Lipinski definition) is 0. The zero-order valence-electron chi connectivity index (χ0n) is 34.7. The molecular formula is C45H51B3F6N6. The third kappa shape index (κ3) is 5.22. The van der Waals surface area contributed by atoms with Gasteiger partial charge in [-0.05, 0) is 57.1 Å². The van der Waals surface area contributed by atoms with Crippen molar-refractivity contribution in [1.82, 2.24) is 0 Å². The van der Waals surface area contributed by atoms with Gasteiger partial charge in [0, 0.05) is 35.3 Å². The molecule has 0 saturated heterocycles. The lowest BCUT2D eigenvalue weighted by atomic mass is 9.75. The van der Waals surface area contributed by atoms with Gasteiger partial charge in [-0.3, -0.25) is 0 Å². The summed E-state index contributed by atoms with van der Waals surface area (Å²) < 4.78 is 113. The van der Waals surface area contributed by atoms with Crippen LogP contribution < -0.4 is 27.9 Å². The Hall–Kier alpha value is -4.94. The molecule has 0 spiro atoms. The standard InChI is InChI=1S/C45H51B3F6N6/c1-4-7-10-19-28-55-40-31-22-13-16-25-34(31)59-44-37(40)43-38-41(32-23-14-17-26-35(32)58(43)46(55,49)50)56(29-20-11-8-5-2)48(53,54)60-36-27-18-15-24-33(36)42(39(44)45(38)60)57(47(59,51)52)30-21-12-9-6-3/h13-18,22-27H,4-12,19-21,28-30H2,1-3H3. The summed E-state index contributed by atoms with van der Waals surface area (Å²) in [6, 6.07) is 20.0. The molecule has 0 bridgehead atoms. The van der Waals surface area contributed by atoms with Crippen molar-refractivity contribution in [3.8, 4) is 0 Å². The lowest BCUT2D eigenvalue weighted by Crippen LogP contribution is -2.76. The molecule has 60 heavy (non-hydrogen) atoms. The van der Waals surface area contributed by atoms with Crippen molar-refractivity contribution in [3.05, 3.63) is 72.8 Å². The first-order chi connectivity index (χ1) is 29.0. The van der Waals surface area contributed by atoms with Crippen molar-refractivity contribution in [1.29, 1.82) is 0 Å². The van der Waals surface area contributed by atoms with Crippen LogP contribution in [-0.4, -0.2) is 40.5 Å². The normalized spacial score (nSPS) is 17.1. The molecule has 3 aliphatic heterocycles. The smallest absolute Gasteiger partial charge is 0.419 e. The minimum Gasteiger partial charge on any atom is -0.419 e. The molecule has 15 heteroatoms. The lowest BCUT2D eigenvalue weighted by molar-refractivity contribution is -0.517. The molecule has 0 atom stereocenters. The molecule has 7 aromatic rings. The summed E-state index contributed by atoms with van der Waals surface area (Å²) in [5, 5.41) is 1.71. The average molecular weight is 822 g/mol. The van der Waals surface area contributed by atoms with Crippen LogP contribution in [0.2, 0.25) is 0 Å². The molecule has 10 rings (SSSR count). The number of anilines is 3. The Bertz CT molecular complexity index is 2550. The Morgan fingerprint density at radius 1 is 0.383 bits per heavy atom. The lowest BCUT2D eigenvalue weighted by Gasteiger charge is -2.47. The molecule has 0 saturated carbocycles. The van der Waals surface area contributed by atoms with E-state index in [2.05, 4.69) is 20.8 Å². The molecule has 0 fully saturated rings. The molecule has 3 aliphatic rings. The number of fused-ring (bicyclic) bond motifs is 9. The van der Waals surface area contributed by atoms with E-state index >= 15 is 25.9 Å². The second-order valence-corrected chi connectivity index (χ2v) is 17.4. The van der Waals surface area contributed by atoms with Crippen LogP contribution in [0.3, 0.4) is 0 Å². The van der Waals surface area contributed by atoms with E-state index in [1.165, 1.54) is 14.4 Å². The number of unbranched alkanes of at least 4 members (excludes halogenated alkanes) is 9. The number of nitrogens with zero attached hydrogens (tertiary/aromatic N) is 6. The highest BCUT2D eigenvalue weighted by atomic mass is 19.3. The first-order valence-corrected chi connectivity index (χ1v) is 22.4. The molecule has 3 aromatic heterocycles. The highest BCUT2D eigenvalue weighted by molar-refractivity contribution is 6.69. The van der Waals surface area contributed by atoms with Gasteiger partial charge < -0.3 is 53.8 Å². The summed E-state index contributed by atoms with van der Waals surface area (Å²) in [7, 11) is 0. The van der Waals surface area contributed by atoms with Gasteiger partial charge in [0.25, 0.3) is 0 Å². The fourth-order valence-electron chi connectivity index (χ4n) is 11.2. The van der Waals surface area contributed by atoms with E-state index in [1.54, 1.807) is 72.8 Å². The van der Waals surface area contributed by atoms with Gasteiger partial charge in [-0.1, -0.05) is 115 Å². The predicted octanol–water partition coefficient (Wildman–Crippen LogP) is 11.3. The first-order valence-electron chi connectivity index (χ1n) is 22.4. The van der Waals surface area contributed by atoms with Crippen LogP contribution in [0.25, 0.3) is 65.4 Å². The fraction of sp³-hybridized carbons (Fsp3) is 0.400. The van der Waals surface area contributed by atoms with Crippen LogP contribution in [0.1, 0.15) is 97.8 Å². The van der Waals surface area contributed by atoms with E-state index in [0.717, 1.165) is 71.2 Å². The number of hydrogen-bond acceptors (Lipinski definition) is 3. The maximum atomic E-state index is 18.3. The molecule has 4 aromatic carbocycles. The second-order valence-electron chi connectivity index (χ2n) is 17.4. The molecule has 0 amide bonds. The van der Waals surface area contributed by atoms with Gasteiger partial charge >= 0.3 is 20.9 Å². The van der Waals surface area contributed by atoms with E-state index in [4.69, 9.17) is 0 Å². The molecule has 6 heterocycles. The van der Waals surface area contributed by atoms with E-state index in [1.807, 2.05) is 0 Å². The van der Waals surface area contributed by atoms with E-state index in [-0.39, 0.29) is 86.0 Å². The minimum absolute atomic E-state index is 0.00143.